The molecular weight excluding hydrogens is 1820 g/mol. The molecule has 38 heteroatoms. The van der Waals surface area contributed by atoms with Crippen LogP contribution in [0.5, 0.6) is 0 Å². The average Bonchev–Trinajstić information content (AvgIpc) is 1.59. The van der Waals surface area contributed by atoms with Crippen LogP contribution in [0, 0.1) is 0 Å². The second-order valence-electron chi connectivity index (χ2n) is 36.4. The van der Waals surface area contributed by atoms with Crippen molar-refractivity contribution in [2.75, 3.05) is 136 Å². The van der Waals surface area contributed by atoms with Crippen molar-refractivity contribution >= 4 is 36.2 Å². The van der Waals surface area contributed by atoms with Crippen LogP contribution >= 0.6 is 0 Å². The summed E-state index contributed by atoms with van der Waals surface area (Å²) in [6, 6.07) is 64.8. The molecule has 19 rings (SSSR count). The lowest BCUT2D eigenvalue weighted by atomic mass is 10.0. The van der Waals surface area contributed by atoms with E-state index < -0.39 is 132 Å². The number of methoxy groups -OCH3 is 8. The number of hydrogen-bond donors (Lipinski definition) is 5. The number of nitrogens with one attached hydrogen (secondary N) is 1. The molecule has 760 valence electrons. The van der Waals surface area contributed by atoms with Crippen LogP contribution in [0.15, 0.2) is 212 Å². The van der Waals surface area contributed by atoms with Gasteiger partial charge in [-0.15, -0.1) is 0 Å². The topological polar surface area (TPSA) is 415 Å². The second kappa shape index (κ2) is 48.6. The molecule has 7 aromatic carbocycles. The van der Waals surface area contributed by atoms with Gasteiger partial charge < -0.3 is 130 Å². The van der Waals surface area contributed by atoms with Gasteiger partial charge in [-0.25, -0.2) is 24.0 Å². The maximum atomic E-state index is 13.0. The molecule has 5 N–H and O–H groups in total. The molecule has 0 spiro atoms. The van der Waals surface area contributed by atoms with E-state index in [1.807, 2.05) is 212 Å². The monoisotopic (exact) mass is 1950 g/mol. The van der Waals surface area contributed by atoms with E-state index in [1.165, 1.54) is 43.1 Å². The summed E-state index contributed by atoms with van der Waals surface area (Å²) in [5, 5.41) is 43.1. The number of benzene rings is 7. The first-order valence-corrected chi connectivity index (χ1v) is 46.6. The number of likely N-dealkylation sites (tertiary alicyclic amines) is 5. The van der Waals surface area contributed by atoms with E-state index in [4.69, 9.17) is 104 Å². The molecule has 0 bridgehead atoms. The fourth-order valence-electron chi connectivity index (χ4n) is 19.4. The number of amides is 5. The Kier molecular flexibility index (Phi) is 36.6. The Morgan fingerprint density at radius 1 is 0.336 bits per heavy atom. The highest BCUT2D eigenvalue weighted by atomic mass is 16.8. The number of rotatable bonds is 25. The molecular formula is C102H130N6O32. The summed E-state index contributed by atoms with van der Waals surface area (Å²) in [6.07, 6.45) is -8.59. The Labute approximate surface area is 814 Å². The van der Waals surface area contributed by atoms with Crippen molar-refractivity contribution in [1.82, 2.24) is 29.8 Å². The number of fused-ring (bicyclic) bond motifs is 6. The van der Waals surface area contributed by atoms with E-state index in [1.54, 1.807) is 59.0 Å². The second-order valence-corrected chi connectivity index (χ2v) is 36.4. The van der Waals surface area contributed by atoms with Gasteiger partial charge in [-0.3, -0.25) is 29.3 Å². The van der Waals surface area contributed by atoms with Crippen LogP contribution in [-0.2, 0) is 155 Å². The first-order valence-electron chi connectivity index (χ1n) is 46.6. The van der Waals surface area contributed by atoms with Crippen molar-refractivity contribution in [2.45, 2.75) is 211 Å². The van der Waals surface area contributed by atoms with E-state index in [0.717, 1.165) is 38.9 Å². The Bertz CT molecular complexity index is 5040. The molecule has 0 radical (unpaired) electrons. The number of carbonyl (C=O) groups excluding carboxylic acids is 6. The maximum Gasteiger partial charge on any atom is 0.410 e. The Morgan fingerprint density at radius 3 is 1.01 bits per heavy atom. The smallest absolute Gasteiger partial charge is 0.410 e. The van der Waals surface area contributed by atoms with Gasteiger partial charge in [-0.2, -0.15) is 0 Å². The molecule has 0 aromatic heterocycles. The minimum atomic E-state index is -1.09. The number of β-amino-alcohol motifs (C(OH)–C–C–N with tert-alkyl or cyclic N) is 3. The van der Waals surface area contributed by atoms with E-state index in [2.05, 4.69) is 5.32 Å². The number of carbonyl (C=O) groups is 6. The summed E-state index contributed by atoms with van der Waals surface area (Å²) >= 11 is 0. The largest absolute Gasteiger partial charge is 0.445 e. The minimum Gasteiger partial charge on any atom is -0.445 e. The standard InChI is InChI=1S/C23H27NO6.C21H23NO5.C21H21NO5.C16H21NO6.C13H23NO6.C8H15NO4/c1-26-23(27-2)16-30-20-19(28-14-17-9-5-3-6-10-17)13-24(21(20)23)22(25)29-15-18-11-7-4-8-12-18;2*23-17-14-26-20-18(25-12-15-7-3-1-4-8-15)11-22(19(17)20)21(24)27-13-16-9-5-2-6-10-16;1-20-16(21-2)10-23-13-12(18)8-17(14(13)16)15(19)22-9-11-6-4-3-5-7-11;1-12(2,3)20-11(16)14-6-8(15)9-10(14)13(17-4,18-5)7-19-9;1-11-8(12-2)4-13-6-5(10)3-9-7(6)8/h3-12,19-21H,13-16H2,1-2H3;1-10,17-20,23H,11-14H2;1-10,18-20H,11-14H2;3-7,12-14,18H,8-10H2,1-2H3;8-10,15H,6-7H2,1-5H3;5-7,9-10H,3-4H2,1-2H3/t19-,20-,21+;17-,18+,19+,20+;18-,19-,20-;12-,13-,14+;8-,9-,10+;5-,6-,7+/m101111/s1. The van der Waals surface area contributed by atoms with E-state index >= 15 is 0 Å². The first kappa shape index (κ1) is 105. The fourth-order valence-corrected chi connectivity index (χ4v) is 19.4. The maximum absolute atomic E-state index is 13.0. The summed E-state index contributed by atoms with van der Waals surface area (Å²) in [5.41, 5.74) is 6.16. The number of aliphatic hydroxyl groups is 4. The van der Waals surface area contributed by atoms with E-state index in [-0.39, 0.29) is 128 Å². The molecule has 5 amide bonds. The number of ether oxygens (including phenoxy) is 22. The fraction of sp³-hybridized carbons (Fsp3) is 0.529. The van der Waals surface area contributed by atoms with Crippen LogP contribution in [0.1, 0.15) is 59.7 Å². The molecule has 12 saturated heterocycles. The van der Waals surface area contributed by atoms with Crippen LogP contribution in [0.3, 0.4) is 0 Å². The molecule has 12 aliphatic heterocycles. The first-order chi connectivity index (χ1) is 67.7. The lowest BCUT2D eigenvalue weighted by Gasteiger charge is -2.36. The minimum absolute atomic E-state index is 0.00297. The highest BCUT2D eigenvalue weighted by Gasteiger charge is 2.66. The van der Waals surface area contributed by atoms with Gasteiger partial charge in [-0.1, -0.05) is 212 Å². The number of aliphatic hydroxyl groups excluding tert-OH is 4. The third-order valence-corrected chi connectivity index (χ3v) is 26.7. The Morgan fingerprint density at radius 2 is 0.636 bits per heavy atom. The van der Waals surface area contributed by atoms with Gasteiger partial charge in [0.15, 0.2) is 5.78 Å². The average molecular weight is 1950 g/mol. The quantitative estimate of drug-likeness (QED) is 0.0270. The molecule has 140 heavy (non-hydrogen) atoms. The summed E-state index contributed by atoms with van der Waals surface area (Å²) in [6.45, 7) is 10.2. The van der Waals surface area contributed by atoms with Crippen LogP contribution in [0.25, 0.3) is 0 Å². The van der Waals surface area contributed by atoms with Gasteiger partial charge in [-0.05, 0) is 59.7 Å². The van der Waals surface area contributed by atoms with Crippen molar-refractivity contribution in [3.8, 4) is 0 Å². The van der Waals surface area contributed by atoms with Crippen LogP contribution in [0.2, 0.25) is 0 Å². The van der Waals surface area contributed by atoms with Crippen molar-refractivity contribution in [3.05, 3.63) is 251 Å². The molecule has 7 aromatic rings. The van der Waals surface area contributed by atoms with Crippen molar-refractivity contribution < 1.29 is 153 Å². The van der Waals surface area contributed by atoms with Crippen LogP contribution < -0.4 is 5.32 Å². The molecule has 0 saturated carbocycles. The lowest BCUT2D eigenvalue weighted by molar-refractivity contribution is -0.225. The van der Waals surface area contributed by atoms with Crippen molar-refractivity contribution in [1.29, 1.82) is 0 Å². The van der Waals surface area contributed by atoms with Gasteiger partial charge in [0, 0.05) is 63.4 Å². The Balaban J connectivity index is 0.000000136. The third-order valence-electron chi connectivity index (χ3n) is 26.7. The number of ketones is 1. The summed E-state index contributed by atoms with van der Waals surface area (Å²) < 4.78 is 123. The zero-order valence-electron chi connectivity index (χ0n) is 80.6. The molecule has 38 nitrogen and oxygen atoms in total. The number of Topliss-reactive ketones (excluding diaryl/α,β-unsaturated/α-hetero) is 1. The van der Waals surface area contributed by atoms with E-state index in [0.29, 0.717) is 46.1 Å². The highest BCUT2D eigenvalue weighted by Crippen LogP contribution is 2.45. The lowest BCUT2D eigenvalue weighted by Crippen LogP contribution is -2.55. The number of nitrogens with zero attached hydrogens (tertiary/aromatic N) is 5. The third kappa shape index (κ3) is 24.6. The SMILES string of the molecule is COC1(OC)CO[C@@H]2[C@H](O)CN(C(=O)OC(C)(C)C)[C@@H]21.COC1(OC)CO[C@@H]2[C@H](O)CN(C(=O)OCc3ccccc3)[C@@H]21.COC1(OC)CO[C@@H]2[C@H](O)CN[C@@H]21.COC1(OC)CO[C@H]2[C@@H]1N(C(=O)OCc1ccccc1)C[C@H]2OCc1ccccc1.O=C(OCc1ccccc1)N1C[C@@H](OCc2ccccc2)[C@H]2OC[C@H](O)[C@H]21.O=C1CO[C@H]2[C@@H]1N(C(=O)OCc1ccccc1)C[C@H]2OCc1ccccc1. The molecule has 12 heterocycles. The molecule has 0 aliphatic carbocycles. The van der Waals surface area contributed by atoms with Crippen LogP contribution in [-0.4, -0.2) is 361 Å². The molecule has 12 fully saturated rings. The highest BCUT2D eigenvalue weighted by molar-refractivity contribution is 5.91. The molecule has 0 unspecified atom stereocenters. The van der Waals surface area contributed by atoms with Crippen molar-refractivity contribution in [3.63, 3.8) is 0 Å². The van der Waals surface area contributed by atoms with Gasteiger partial charge in [0.1, 0.15) is 162 Å². The Hall–Kier alpha value is -10.3. The molecule has 19 atom stereocenters. The zero-order valence-corrected chi connectivity index (χ0v) is 80.6. The zero-order chi connectivity index (χ0) is 99.3. The summed E-state index contributed by atoms with van der Waals surface area (Å²) in [7, 11) is 12.3. The summed E-state index contributed by atoms with van der Waals surface area (Å²) in [4.78, 5) is 82.6. The summed E-state index contributed by atoms with van der Waals surface area (Å²) in [5.74, 6) is -4.06. The van der Waals surface area contributed by atoms with Gasteiger partial charge in [0.2, 0.25) is 23.1 Å². The molecule has 12 aliphatic rings. The van der Waals surface area contributed by atoms with Crippen LogP contribution in [0.4, 0.5) is 24.0 Å². The predicted octanol–water partition coefficient (Wildman–Crippen LogP) is 7.71. The van der Waals surface area contributed by atoms with Gasteiger partial charge >= 0.3 is 30.5 Å². The van der Waals surface area contributed by atoms with E-state index in [9.17, 15) is 49.2 Å². The van der Waals surface area contributed by atoms with Gasteiger partial charge in [0.25, 0.3) is 0 Å². The number of hydrogen-bond acceptors (Lipinski definition) is 33. The normalized spacial score (nSPS) is 28.3. The van der Waals surface area contributed by atoms with Gasteiger partial charge in [0.05, 0.1) is 77.3 Å². The van der Waals surface area contributed by atoms with Crippen molar-refractivity contribution in [2.24, 2.45) is 0 Å². The predicted molar refractivity (Wildman–Crippen MR) is 497 cm³/mol.